The van der Waals surface area contributed by atoms with Crippen molar-refractivity contribution in [2.45, 2.75) is 45.6 Å². The van der Waals surface area contributed by atoms with Gasteiger partial charge in [-0.15, -0.1) is 0 Å². The van der Waals surface area contributed by atoms with E-state index in [2.05, 4.69) is 23.9 Å². The van der Waals surface area contributed by atoms with Gasteiger partial charge in [-0.3, -0.25) is 4.72 Å². The van der Waals surface area contributed by atoms with Crippen LogP contribution in [0.2, 0.25) is 0 Å². The van der Waals surface area contributed by atoms with Gasteiger partial charge in [0.05, 0.1) is 17.6 Å². The maximum absolute atomic E-state index is 11.3. The summed E-state index contributed by atoms with van der Waals surface area (Å²) in [6.45, 7) is 4.31. The van der Waals surface area contributed by atoms with E-state index in [0.29, 0.717) is 11.7 Å². The van der Waals surface area contributed by atoms with Crippen LogP contribution in [0.15, 0.2) is 24.3 Å². The lowest BCUT2D eigenvalue weighted by Crippen LogP contribution is -2.20. The minimum atomic E-state index is -3.25. The van der Waals surface area contributed by atoms with Crippen LogP contribution in [-0.2, 0) is 10.0 Å². The summed E-state index contributed by atoms with van der Waals surface area (Å²) in [6.07, 6.45) is 5.63. The van der Waals surface area contributed by atoms with Gasteiger partial charge in [-0.2, -0.15) is 0 Å². The molecule has 1 atom stereocenters. The average molecular weight is 284 g/mol. The van der Waals surface area contributed by atoms with Crippen LogP contribution in [-0.4, -0.2) is 20.7 Å². The van der Waals surface area contributed by atoms with Gasteiger partial charge in [0.1, 0.15) is 0 Å². The average Bonchev–Trinajstić information content (AvgIpc) is 2.34. The molecule has 108 valence electrons. The Morgan fingerprint density at radius 2 is 1.79 bits per heavy atom. The van der Waals surface area contributed by atoms with E-state index in [1.165, 1.54) is 12.8 Å². The molecule has 1 unspecified atom stereocenters. The highest BCUT2D eigenvalue weighted by molar-refractivity contribution is 7.92. The molecule has 1 aromatic carbocycles. The Kier molecular flexibility index (Phi) is 6.15. The molecule has 0 aliphatic rings. The van der Waals surface area contributed by atoms with Crippen molar-refractivity contribution in [2.75, 3.05) is 16.3 Å². The Morgan fingerprint density at radius 3 is 2.32 bits per heavy atom. The largest absolute Gasteiger partial charge is 0.381 e. The summed E-state index contributed by atoms with van der Waals surface area (Å²) in [5.74, 6) is 0. The van der Waals surface area contributed by atoms with Crippen molar-refractivity contribution in [1.82, 2.24) is 0 Å². The first kappa shape index (κ1) is 15.8. The van der Waals surface area contributed by atoms with Crippen molar-refractivity contribution >= 4 is 21.4 Å². The fourth-order valence-electron chi connectivity index (χ4n) is 1.95. The van der Waals surface area contributed by atoms with Crippen LogP contribution < -0.4 is 10.0 Å². The zero-order chi connectivity index (χ0) is 14.3. The van der Waals surface area contributed by atoms with Crippen molar-refractivity contribution in [3.63, 3.8) is 0 Å². The standard InChI is InChI=1S/C14H24N2O2S/c1-4-6-9-12(5-2)15-13-10-7-8-11-14(13)16-19(3,17)18/h7-8,10-12,15-16H,4-6,9H2,1-3H3. The van der Waals surface area contributed by atoms with Gasteiger partial charge in [-0.05, 0) is 25.0 Å². The molecule has 1 rings (SSSR count). The van der Waals surface area contributed by atoms with Crippen LogP contribution in [0.3, 0.4) is 0 Å². The Hall–Kier alpha value is -1.23. The van der Waals surface area contributed by atoms with Crippen LogP contribution in [0.25, 0.3) is 0 Å². The molecule has 0 saturated carbocycles. The third-order valence-electron chi connectivity index (χ3n) is 2.98. The van der Waals surface area contributed by atoms with E-state index < -0.39 is 10.0 Å². The van der Waals surface area contributed by atoms with Gasteiger partial charge >= 0.3 is 0 Å². The summed E-state index contributed by atoms with van der Waals surface area (Å²) >= 11 is 0. The molecule has 4 nitrogen and oxygen atoms in total. The number of nitrogens with one attached hydrogen (secondary N) is 2. The van der Waals surface area contributed by atoms with Crippen molar-refractivity contribution in [3.8, 4) is 0 Å². The summed E-state index contributed by atoms with van der Waals surface area (Å²) < 4.78 is 25.2. The number of sulfonamides is 1. The van der Waals surface area contributed by atoms with Crippen molar-refractivity contribution < 1.29 is 8.42 Å². The molecule has 2 N–H and O–H groups in total. The number of hydrogen-bond acceptors (Lipinski definition) is 3. The smallest absolute Gasteiger partial charge is 0.229 e. The van der Waals surface area contributed by atoms with Gasteiger partial charge in [-0.25, -0.2) is 8.42 Å². The molecule has 0 bridgehead atoms. The molecule has 0 amide bonds. The Balaban J connectivity index is 2.81. The van der Waals surface area contributed by atoms with E-state index in [1.807, 2.05) is 18.2 Å². The fraction of sp³-hybridized carbons (Fsp3) is 0.571. The van der Waals surface area contributed by atoms with Crippen LogP contribution in [0, 0.1) is 0 Å². The highest BCUT2D eigenvalue weighted by Gasteiger charge is 2.10. The Morgan fingerprint density at radius 1 is 1.16 bits per heavy atom. The molecule has 0 spiro atoms. The van der Waals surface area contributed by atoms with Crippen molar-refractivity contribution in [2.24, 2.45) is 0 Å². The number of rotatable bonds is 8. The molecule has 5 heteroatoms. The fourth-order valence-corrected chi connectivity index (χ4v) is 2.52. The summed E-state index contributed by atoms with van der Waals surface area (Å²) in [4.78, 5) is 0. The van der Waals surface area contributed by atoms with Crippen molar-refractivity contribution in [1.29, 1.82) is 0 Å². The normalized spacial score (nSPS) is 13.0. The van der Waals surface area contributed by atoms with Crippen LogP contribution in [0.5, 0.6) is 0 Å². The molecular weight excluding hydrogens is 260 g/mol. The zero-order valence-corrected chi connectivity index (χ0v) is 12.8. The van der Waals surface area contributed by atoms with Crippen LogP contribution in [0.4, 0.5) is 11.4 Å². The number of benzene rings is 1. The van der Waals surface area contributed by atoms with Gasteiger partial charge in [0.25, 0.3) is 0 Å². The molecule has 0 aromatic heterocycles. The first-order valence-corrected chi connectivity index (χ1v) is 8.68. The zero-order valence-electron chi connectivity index (χ0n) is 11.9. The van der Waals surface area contributed by atoms with Gasteiger partial charge < -0.3 is 5.32 Å². The van der Waals surface area contributed by atoms with E-state index in [4.69, 9.17) is 0 Å². The van der Waals surface area contributed by atoms with Crippen LogP contribution in [0.1, 0.15) is 39.5 Å². The van der Waals surface area contributed by atoms with Gasteiger partial charge in [0.2, 0.25) is 10.0 Å². The third kappa shape index (κ3) is 5.96. The molecule has 19 heavy (non-hydrogen) atoms. The van der Waals surface area contributed by atoms with Crippen molar-refractivity contribution in [3.05, 3.63) is 24.3 Å². The van der Waals surface area contributed by atoms with E-state index in [-0.39, 0.29) is 0 Å². The van der Waals surface area contributed by atoms with E-state index >= 15 is 0 Å². The minimum Gasteiger partial charge on any atom is -0.381 e. The highest BCUT2D eigenvalue weighted by atomic mass is 32.2. The lowest BCUT2D eigenvalue weighted by molar-refractivity contribution is 0.593. The quantitative estimate of drug-likeness (QED) is 0.769. The summed E-state index contributed by atoms with van der Waals surface area (Å²) in [5.41, 5.74) is 1.45. The molecule has 0 radical (unpaired) electrons. The van der Waals surface area contributed by atoms with E-state index in [0.717, 1.165) is 24.8 Å². The second-order valence-corrected chi connectivity index (χ2v) is 6.56. The molecule has 0 heterocycles. The predicted octanol–water partition coefficient (Wildman–Crippen LogP) is 3.44. The van der Waals surface area contributed by atoms with Gasteiger partial charge in [-0.1, -0.05) is 38.8 Å². The van der Waals surface area contributed by atoms with Crippen LogP contribution >= 0.6 is 0 Å². The van der Waals surface area contributed by atoms with E-state index in [9.17, 15) is 8.42 Å². The number of para-hydroxylation sites is 2. The molecule has 0 fully saturated rings. The SMILES string of the molecule is CCCCC(CC)Nc1ccccc1NS(C)(=O)=O. The molecule has 1 aromatic rings. The maximum Gasteiger partial charge on any atom is 0.229 e. The molecule has 0 aliphatic heterocycles. The maximum atomic E-state index is 11.3. The van der Waals surface area contributed by atoms with Gasteiger partial charge in [0, 0.05) is 6.04 Å². The summed E-state index contributed by atoms with van der Waals surface area (Å²) in [5, 5.41) is 3.43. The summed E-state index contributed by atoms with van der Waals surface area (Å²) in [6, 6.07) is 7.79. The molecular formula is C14H24N2O2S. The Labute approximate surface area is 116 Å². The topological polar surface area (TPSA) is 58.2 Å². The number of unbranched alkanes of at least 4 members (excludes halogenated alkanes) is 1. The predicted molar refractivity (Wildman–Crippen MR) is 82.1 cm³/mol. The monoisotopic (exact) mass is 284 g/mol. The second kappa shape index (κ2) is 7.38. The number of hydrogen-bond donors (Lipinski definition) is 2. The highest BCUT2D eigenvalue weighted by Crippen LogP contribution is 2.24. The third-order valence-corrected chi connectivity index (χ3v) is 3.57. The number of anilines is 2. The minimum absolute atomic E-state index is 0.377. The summed E-state index contributed by atoms with van der Waals surface area (Å²) in [7, 11) is -3.25. The lowest BCUT2D eigenvalue weighted by Gasteiger charge is -2.20. The molecule has 0 saturated heterocycles. The van der Waals surface area contributed by atoms with E-state index in [1.54, 1.807) is 6.07 Å². The first-order chi connectivity index (χ1) is 8.96. The second-order valence-electron chi connectivity index (χ2n) is 4.81. The lowest BCUT2D eigenvalue weighted by atomic mass is 10.1. The molecule has 0 aliphatic carbocycles. The Bertz CT molecular complexity index is 486. The first-order valence-electron chi connectivity index (χ1n) is 6.79. The van der Waals surface area contributed by atoms with Gasteiger partial charge in [0.15, 0.2) is 0 Å².